The summed E-state index contributed by atoms with van der Waals surface area (Å²) in [6.45, 7) is 3.49. The number of aryl methyl sites for hydroxylation is 1. The van der Waals surface area contributed by atoms with Gasteiger partial charge >= 0.3 is 0 Å². The van der Waals surface area contributed by atoms with Crippen LogP contribution in [-0.2, 0) is 0 Å². The van der Waals surface area contributed by atoms with Crippen molar-refractivity contribution in [1.29, 1.82) is 0 Å². The molecule has 8 nitrogen and oxygen atoms in total. The van der Waals surface area contributed by atoms with Gasteiger partial charge in [-0.05, 0) is 51.0 Å². The minimum atomic E-state index is -0.280. The standard InChI is InChI=1S/C20H21N5O3/c1-11-12(2)21-20(23-18(11)26)25-17(10-16(24-25)13-4-5-13)22-19(27)14-6-8-15(28-3)9-7-14/h6-10,13H,4-5H2,1-3H3,(H,22,27)(H,21,23,26). The zero-order chi connectivity index (χ0) is 19.8. The summed E-state index contributed by atoms with van der Waals surface area (Å²) in [4.78, 5) is 32.0. The number of ether oxygens (including phenoxy) is 1. The second kappa shape index (κ2) is 6.95. The molecule has 3 aromatic rings. The highest BCUT2D eigenvalue weighted by atomic mass is 16.5. The van der Waals surface area contributed by atoms with Gasteiger partial charge in [0.15, 0.2) is 0 Å². The maximum Gasteiger partial charge on any atom is 0.256 e. The quantitative estimate of drug-likeness (QED) is 0.710. The Bertz CT molecular complexity index is 1090. The molecule has 1 aliphatic carbocycles. The van der Waals surface area contributed by atoms with Gasteiger partial charge in [-0.1, -0.05) is 0 Å². The van der Waals surface area contributed by atoms with Crippen LogP contribution in [0.5, 0.6) is 5.75 Å². The highest BCUT2D eigenvalue weighted by molar-refractivity contribution is 6.04. The second-order valence-electron chi connectivity index (χ2n) is 6.92. The summed E-state index contributed by atoms with van der Waals surface area (Å²) >= 11 is 0. The second-order valence-corrected chi connectivity index (χ2v) is 6.92. The number of amides is 1. The molecule has 0 spiro atoms. The summed E-state index contributed by atoms with van der Waals surface area (Å²) < 4.78 is 6.61. The van der Waals surface area contributed by atoms with E-state index in [1.165, 1.54) is 4.68 Å². The molecular weight excluding hydrogens is 358 g/mol. The Morgan fingerprint density at radius 2 is 1.96 bits per heavy atom. The monoisotopic (exact) mass is 379 g/mol. The molecule has 0 unspecified atom stereocenters. The molecule has 0 aliphatic heterocycles. The van der Waals surface area contributed by atoms with E-state index in [1.807, 2.05) is 6.07 Å². The number of methoxy groups -OCH3 is 1. The fraction of sp³-hybridized carbons (Fsp3) is 0.300. The highest BCUT2D eigenvalue weighted by Gasteiger charge is 2.28. The third-order valence-electron chi connectivity index (χ3n) is 4.90. The van der Waals surface area contributed by atoms with E-state index in [2.05, 4.69) is 20.4 Å². The summed E-state index contributed by atoms with van der Waals surface area (Å²) in [7, 11) is 1.57. The Morgan fingerprint density at radius 1 is 1.25 bits per heavy atom. The van der Waals surface area contributed by atoms with Crippen LogP contribution in [0.1, 0.15) is 46.1 Å². The predicted molar refractivity (Wildman–Crippen MR) is 104 cm³/mol. The van der Waals surface area contributed by atoms with Gasteiger partial charge in [-0.15, -0.1) is 0 Å². The number of anilines is 1. The molecule has 2 heterocycles. The van der Waals surface area contributed by atoms with Crippen LogP contribution in [0.2, 0.25) is 0 Å². The van der Waals surface area contributed by atoms with Crippen LogP contribution < -0.4 is 15.6 Å². The van der Waals surface area contributed by atoms with Crippen LogP contribution in [0.4, 0.5) is 5.82 Å². The van der Waals surface area contributed by atoms with Crippen LogP contribution in [0, 0.1) is 13.8 Å². The van der Waals surface area contributed by atoms with E-state index in [1.54, 1.807) is 45.2 Å². The van der Waals surface area contributed by atoms with Crippen molar-refractivity contribution < 1.29 is 9.53 Å². The van der Waals surface area contributed by atoms with Crippen LogP contribution in [0.15, 0.2) is 35.1 Å². The average Bonchev–Trinajstić information content (AvgIpc) is 3.46. The molecule has 1 amide bonds. The first-order chi connectivity index (χ1) is 13.5. The van der Waals surface area contributed by atoms with E-state index in [-0.39, 0.29) is 17.4 Å². The van der Waals surface area contributed by atoms with Crippen LogP contribution >= 0.6 is 0 Å². The Hall–Kier alpha value is -3.42. The Morgan fingerprint density at radius 3 is 2.57 bits per heavy atom. The average molecular weight is 379 g/mol. The zero-order valence-corrected chi connectivity index (χ0v) is 15.9. The Labute approximate surface area is 161 Å². The lowest BCUT2D eigenvalue weighted by molar-refractivity contribution is 0.102. The first-order valence-corrected chi connectivity index (χ1v) is 9.09. The van der Waals surface area contributed by atoms with Crippen molar-refractivity contribution in [3.63, 3.8) is 0 Å². The molecule has 1 aromatic carbocycles. The van der Waals surface area contributed by atoms with E-state index < -0.39 is 0 Å². The molecule has 0 atom stereocenters. The molecule has 0 radical (unpaired) electrons. The number of carbonyl (C=O) groups is 1. The normalized spacial score (nSPS) is 13.4. The fourth-order valence-corrected chi connectivity index (χ4v) is 2.89. The van der Waals surface area contributed by atoms with Crippen LogP contribution in [-0.4, -0.2) is 32.8 Å². The van der Waals surface area contributed by atoms with E-state index in [4.69, 9.17) is 4.74 Å². The van der Waals surface area contributed by atoms with Gasteiger partial charge in [0.1, 0.15) is 11.6 Å². The highest BCUT2D eigenvalue weighted by Crippen LogP contribution is 2.40. The fourth-order valence-electron chi connectivity index (χ4n) is 2.89. The maximum absolute atomic E-state index is 12.7. The SMILES string of the molecule is COc1ccc(C(=O)Nc2cc(C3CC3)nn2-c2nc(C)c(C)c(=O)[nH]2)cc1. The third kappa shape index (κ3) is 3.40. The molecule has 4 rings (SSSR count). The summed E-state index contributed by atoms with van der Waals surface area (Å²) in [5, 5.41) is 7.46. The van der Waals surface area contributed by atoms with E-state index in [9.17, 15) is 9.59 Å². The van der Waals surface area contributed by atoms with Gasteiger partial charge in [0.05, 0.1) is 12.8 Å². The minimum Gasteiger partial charge on any atom is -0.497 e. The van der Waals surface area contributed by atoms with Crippen LogP contribution in [0.3, 0.4) is 0 Å². The van der Waals surface area contributed by atoms with Crippen molar-refractivity contribution in [1.82, 2.24) is 19.7 Å². The summed E-state index contributed by atoms with van der Waals surface area (Å²) in [5.74, 6) is 1.53. The Kier molecular flexibility index (Phi) is 4.46. The van der Waals surface area contributed by atoms with Gasteiger partial charge in [-0.2, -0.15) is 9.78 Å². The van der Waals surface area contributed by atoms with Crippen molar-refractivity contribution in [2.24, 2.45) is 0 Å². The number of nitrogens with zero attached hydrogens (tertiary/aromatic N) is 3. The van der Waals surface area contributed by atoms with Crippen molar-refractivity contribution in [3.05, 3.63) is 63.2 Å². The summed E-state index contributed by atoms with van der Waals surface area (Å²) in [6, 6.07) is 8.67. The number of nitrogens with one attached hydrogen (secondary N) is 2. The van der Waals surface area contributed by atoms with E-state index in [0.717, 1.165) is 18.5 Å². The van der Waals surface area contributed by atoms with Crippen LogP contribution in [0.25, 0.3) is 5.95 Å². The molecule has 2 aromatic heterocycles. The molecule has 1 aliphatic rings. The number of rotatable bonds is 5. The van der Waals surface area contributed by atoms with Gasteiger partial charge in [-0.3, -0.25) is 14.6 Å². The molecule has 144 valence electrons. The molecule has 2 N–H and O–H groups in total. The molecular formula is C20H21N5O3. The minimum absolute atomic E-state index is 0.224. The van der Waals surface area contributed by atoms with E-state index >= 15 is 0 Å². The Balaban J connectivity index is 1.70. The lowest BCUT2D eigenvalue weighted by atomic mass is 10.2. The molecule has 1 saturated carbocycles. The van der Waals surface area contributed by atoms with Crippen molar-refractivity contribution >= 4 is 11.7 Å². The lowest BCUT2D eigenvalue weighted by Crippen LogP contribution is -2.20. The van der Waals surface area contributed by atoms with Crippen molar-refractivity contribution in [3.8, 4) is 11.7 Å². The third-order valence-corrected chi connectivity index (χ3v) is 4.90. The number of hydrogen-bond acceptors (Lipinski definition) is 5. The number of H-pyrrole nitrogens is 1. The number of carbonyl (C=O) groups excluding carboxylic acids is 1. The molecule has 0 bridgehead atoms. The van der Waals surface area contributed by atoms with Gasteiger partial charge in [0.2, 0.25) is 5.95 Å². The van der Waals surface area contributed by atoms with Gasteiger partial charge in [0.25, 0.3) is 11.5 Å². The predicted octanol–water partition coefficient (Wildman–Crippen LogP) is 2.71. The molecule has 8 heteroatoms. The number of aromatic nitrogens is 4. The smallest absolute Gasteiger partial charge is 0.256 e. The number of hydrogen-bond donors (Lipinski definition) is 2. The summed E-state index contributed by atoms with van der Waals surface area (Å²) in [6.07, 6.45) is 2.14. The van der Waals surface area contributed by atoms with Crippen molar-refractivity contribution in [2.75, 3.05) is 12.4 Å². The molecule has 0 saturated heterocycles. The summed E-state index contributed by atoms with van der Waals surface area (Å²) in [5.41, 5.74) is 2.32. The topological polar surface area (TPSA) is 102 Å². The maximum atomic E-state index is 12.7. The molecule has 28 heavy (non-hydrogen) atoms. The molecule has 1 fully saturated rings. The number of aromatic amines is 1. The van der Waals surface area contributed by atoms with Gasteiger partial charge in [0, 0.05) is 28.8 Å². The first-order valence-electron chi connectivity index (χ1n) is 9.09. The van der Waals surface area contributed by atoms with E-state index in [0.29, 0.717) is 34.3 Å². The largest absolute Gasteiger partial charge is 0.497 e. The zero-order valence-electron chi connectivity index (χ0n) is 15.9. The van der Waals surface area contributed by atoms with Gasteiger partial charge < -0.3 is 10.1 Å². The number of benzene rings is 1. The first kappa shape index (κ1) is 18.0. The van der Waals surface area contributed by atoms with Gasteiger partial charge in [-0.25, -0.2) is 4.98 Å². The lowest BCUT2D eigenvalue weighted by Gasteiger charge is -2.09. The van der Waals surface area contributed by atoms with Crippen molar-refractivity contribution in [2.45, 2.75) is 32.6 Å².